The van der Waals surface area contributed by atoms with Crippen LogP contribution < -0.4 is 10.5 Å². The first-order valence-electron chi connectivity index (χ1n) is 6.07. The topological polar surface area (TPSA) is 72.2 Å². The molecule has 0 heterocycles. The number of nitrogens with two attached hydrogens (primary N) is 1. The number of aryl methyl sites for hydroxylation is 1. The first-order valence-corrected chi connectivity index (χ1v) is 8.52. The molecule has 0 atom stereocenters. The van der Waals surface area contributed by atoms with E-state index in [1.54, 1.807) is 31.2 Å². The smallest absolute Gasteiger partial charge is 0.236 e. The molecule has 0 amide bonds. The second-order valence-electron chi connectivity index (χ2n) is 4.68. The average molecular weight is 373 g/mol. The van der Waals surface area contributed by atoms with Crippen LogP contribution in [0.2, 0.25) is 0 Å². The third-order valence-electron chi connectivity index (χ3n) is 2.87. The van der Waals surface area contributed by atoms with E-state index in [0.29, 0.717) is 22.5 Å². The van der Waals surface area contributed by atoms with Gasteiger partial charge in [0, 0.05) is 5.69 Å². The fraction of sp³-hybridized carbons (Fsp3) is 0.143. The Morgan fingerprint density at radius 2 is 1.86 bits per heavy atom. The first kappa shape index (κ1) is 15.8. The molecule has 21 heavy (non-hydrogen) atoms. The van der Waals surface area contributed by atoms with E-state index in [0.717, 1.165) is 0 Å². The number of halogens is 2. The van der Waals surface area contributed by atoms with Crippen LogP contribution in [-0.4, -0.2) is 8.42 Å². The Balaban J connectivity index is 2.21. The Morgan fingerprint density at radius 1 is 1.24 bits per heavy atom. The minimum absolute atomic E-state index is 0.179. The van der Waals surface area contributed by atoms with Gasteiger partial charge in [0.25, 0.3) is 0 Å². The van der Waals surface area contributed by atoms with Crippen LogP contribution >= 0.6 is 15.9 Å². The normalized spacial score (nSPS) is 11.4. The third-order valence-corrected chi connectivity index (χ3v) is 4.72. The minimum atomic E-state index is -3.59. The molecular weight excluding hydrogens is 359 g/mol. The van der Waals surface area contributed by atoms with Crippen LogP contribution in [0, 0.1) is 12.7 Å². The summed E-state index contributed by atoms with van der Waals surface area (Å²) in [5.41, 5.74) is 7.61. The number of hydrogen-bond donors (Lipinski definition) is 2. The average Bonchev–Trinajstić information content (AvgIpc) is 2.38. The lowest BCUT2D eigenvalue weighted by Crippen LogP contribution is -2.16. The van der Waals surface area contributed by atoms with Crippen molar-refractivity contribution in [1.29, 1.82) is 0 Å². The number of sulfonamides is 1. The van der Waals surface area contributed by atoms with E-state index in [1.165, 1.54) is 12.1 Å². The number of nitrogen functional groups attached to an aromatic ring is 1. The van der Waals surface area contributed by atoms with Gasteiger partial charge in [-0.05, 0) is 58.2 Å². The number of anilines is 2. The Morgan fingerprint density at radius 3 is 2.48 bits per heavy atom. The fourth-order valence-corrected chi connectivity index (χ4v) is 3.39. The SMILES string of the molecule is Cc1cc(F)c(Br)cc1NS(=O)(=O)Cc1ccc(N)cc1. The Bertz CT molecular complexity index is 761. The van der Waals surface area contributed by atoms with Crippen molar-refractivity contribution in [3.63, 3.8) is 0 Å². The van der Waals surface area contributed by atoms with Crippen molar-refractivity contribution in [2.24, 2.45) is 0 Å². The molecule has 0 bridgehead atoms. The van der Waals surface area contributed by atoms with Crippen molar-refractivity contribution in [1.82, 2.24) is 0 Å². The molecule has 0 aliphatic rings. The van der Waals surface area contributed by atoms with Crippen LogP contribution in [0.1, 0.15) is 11.1 Å². The molecular formula is C14H14BrFN2O2S. The molecule has 112 valence electrons. The van der Waals surface area contributed by atoms with Crippen molar-refractivity contribution < 1.29 is 12.8 Å². The molecule has 0 aliphatic carbocycles. The molecule has 0 spiro atoms. The van der Waals surface area contributed by atoms with Crippen molar-refractivity contribution in [3.8, 4) is 0 Å². The Kier molecular flexibility index (Phi) is 4.53. The van der Waals surface area contributed by atoms with Crippen LogP contribution in [0.5, 0.6) is 0 Å². The van der Waals surface area contributed by atoms with Gasteiger partial charge in [0.05, 0.1) is 15.9 Å². The van der Waals surface area contributed by atoms with Gasteiger partial charge in [-0.2, -0.15) is 0 Å². The van der Waals surface area contributed by atoms with Gasteiger partial charge < -0.3 is 5.73 Å². The van der Waals surface area contributed by atoms with Gasteiger partial charge in [-0.1, -0.05) is 12.1 Å². The van der Waals surface area contributed by atoms with Crippen LogP contribution in [0.25, 0.3) is 0 Å². The van der Waals surface area contributed by atoms with Crippen LogP contribution in [0.15, 0.2) is 40.9 Å². The Labute approximate surface area is 131 Å². The molecule has 0 unspecified atom stereocenters. The molecule has 2 rings (SSSR count). The Hall–Kier alpha value is -1.60. The predicted molar refractivity (Wildman–Crippen MR) is 85.9 cm³/mol. The number of benzene rings is 2. The zero-order valence-electron chi connectivity index (χ0n) is 11.2. The molecule has 2 aromatic carbocycles. The van der Waals surface area contributed by atoms with E-state index in [9.17, 15) is 12.8 Å². The fourth-order valence-electron chi connectivity index (χ4n) is 1.79. The van der Waals surface area contributed by atoms with E-state index < -0.39 is 15.8 Å². The van der Waals surface area contributed by atoms with Gasteiger partial charge in [0.2, 0.25) is 10.0 Å². The molecule has 3 N–H and O–H groups in total. The van der Waals surface area contributed by atoms with E-state index in [2.05, 4.69) is 20.7 Å². The van der Waals surface area contributed by atoms with E-state index >= 15 is 0 Å². The van der Waals surface area contributed by atoms with Gasteiger partial charge in [-0.3, -0.25) is 4.72 Å². The monoisotopic (exact) mass is 372 g/mol. The van der Waals surface area contributed by atoms with Gasteiger partial charge >= 0.3 is 0 Å². The highest BCUT2D eigenvalue weighted by atomic mass is 79.9. The molecule has 0 aromatic heterocycles. The second kappa shape index (κ2) is 6.03. The zero-order valence-corrected chi connectivity index (χ0v) is 13.6. The quantitative estimate of drug-likeness (QED) is 0.807. The second-order valence-corrected chi connectivity index (χ2v) is 7.26. The van der Waals surface area contributed by atoms with Crippen LogP contribution in [-0.2, 0) is 15.8 Å². The number of hydrogen-bond acceptors (Lipinski definition) is 3. The van der Waals surface area contributed by atoms with Gasteiger partial charge in [0.1, 0.15) is 5.82 Å². The summed E-state index contributed by atoms with van der Waals surface area (Å²) in [7, 11) is -3.59. The molecule has 7 heteroatoms. The lowest BCUT2D eigenvalue weighted by atomic mass is 10.2. The van der Waals surface area contributed by atoms with E-state index in [-0.39, 0.29) is 10.2 Å². The van der Waals surface area contributed by atoms with Crippen molar-refractivity contribution in [2.45, 2.75) is 12.7 Å². The highest BCUT2D eigenvalue weighted by Gasteiger charge is 2.14. The molecule has 2 aromatic rings. The van der Waals surface area contributed by atoms with Crippen LogP contribution in [0.3, 0.4) is 0 Å². The largest absolute Gasteiger partial charge is 0.399 e. The summed E-state index contributed by atoms with van der Waals surface area (Å²) >= 11 is 3.04. The van der Waals surface area contributed by atoms with Gasteiger partial charge in [-0.25, -0.2) is 12.8 Å². The summed E-state index contributed by atoms with van der Waals surface area (Å²) < 4.78 is 40.3. The zero-order chi connectivity index (χ0) is 15.6. The maximum atomic E-state index is 13.3. The lowest BCUT2D eigenvalue weighted by molar-refractivity contribution is 0.600. The summed E-state index contributed by atoms with van der Waals surface area (Å²) in [6.45, 7) is 1.64. The summed E-state index contributed by atoms with van der Waals surface area (Å²) in [5, 5.41) is 0. The van der Waals surface area contributed by atoms with Crippen molar-refractivity contribution in [3.05, 3.63) is 57.8 Å². The molecule has 0 saturated heterocycles. The molecule has 0 fully saturated rings. The predicted octanol–water partition coefficient (Wildman–Crippen LogP) is 3.42. The van der Waals surface area contributed by atoms with E-state index in [4.69, 9.17) is 5.73 Å². The molecule has 0 saturated carbocycles. The molecule has 4 nitrogen and oxygen atoms in total. The maximum Gasteiger partial charge on any atom is 0.236 e. The first-order chi connectivity index (χ1) is 9.77. The van der Waals surface area contributed by atoms with Gasteiger partial charge in [0.15, 0.2) is 0 Å². The summed E-state index contributed by atoms with van der Waals surface area (Å²) in [6, 6.07) is 9.27. The van der Waals surface area contributed by atoms with Gasteiger partial charge in [-0.15, -0.1) is 0 Å². The minimum Gasteiger partial charge on any atom is -0.399 e. The lowest BCUT2D eigenvalue weighted by Gasteiger charge is -2.11. The number of nitrogens with one attached hydrogen (secondary N) is 1. The van der Waals surface area contributed by atoms with E-state index in [1.807, 2.05) is 0 Å². The standard InChI is InChI=1S/C14H14BrFN2O2S/c1-9-6-13(16)12(15)7-14(9)18-21(19,20)8-10-2-4-11(17)5-3-10/h2-7,18H,8,17H2,1H3. The maximum absolute atomic E-state index is 13.3. The summed E-state index contributed by atoms with van der Waals surface area (Å²) in [5.74, 6) is -0.615. The van der Waals surface area contributed by atoms with Crippen molar-refractivity contribution >= 4 is 37.3 Å². The third kappa shape index (κ3) is 4.18. The number of rotatable bonds is 4. The van der Waals surface area contributed by atoms with Crippen LogP contribution in [0.4, 0.5) is 15.8 Å². The van der Waals surface area contributed by atoms with Crippen molar-refractivity contribution in [2.75, 3.05) is 10.5 Å². The highest BCUT2D eigenvalue weighted by Crippen LogP contribution is 2.25. The summed E-state index contributed by atoms with van der Waals surface area (Å²) in [6.07, 6.45) is 0. The molecule has 0 aliphatic heterocycles. The highest BCUT2D eigenvalue weighted by molar-refractivity contribution is 9.10. The summed E-state index contributed by atoms with van der Waals surface area (Å²) in [4.78, 5) is 0. The molecule has 0 radical (unpaired) electrons.